The number of fused-ring (bicyclic) bond motifs is 1. The number of carbonyl (C=O) groups is 2. The van der Waals surface area contributed by atoms with E-state index >= 15 is 0 Å². The van der Waals surface area contributed by atoms with Gasteiger partial charge in [-0.15, -0.1) is 5.10 Å². The van der Waals surface area contributed by atoms with Crippen molar-refractivity contribution in [2.45, 2.75) is 13.1 Å². The molecule has 0 spiro atoms. The average molecular weight is 467 g/mol. The number of halogens is 1. The largest absolute Gasteiger partial charge is 0.398 e. The van der Waals surface area contributed by atoms with Gasteiger partial charge in [-0.3, -0.25) is 14.8 Å². The minimum Gasteiger partial charge on any atom is -0.398 e. The lowest BCUT2D eigenvalue weighted by molar-refractivity contribution is -0.124. The van der Waals surface area contributed by atoms with Gasteiger partial charge in [-0.1, -0.05) is 46.2 Å². The lowest BCUT2D eigenvalue weighted by Gasteiger charge is -2.14. The van der Waals surface area contributed by atoms with Crippen molar-refractivity contribution in [1.29, 1.82) is 0 Å². The molecular formula is C22H19ClN6O4. The number of carbonyl (C=O) groups excluding carboxylic acids is 2. The molecule has 0 aliphatic carbocycles. The van der Waals surface area contributed by atoms with Gasteiger partial charge in [0, 0.05) is 16.7 Å². The monoisotopic (exact) mass is 466 g/mol. The summed E-state index contributed by atoms with van der Waals surface area (Å²) in [6.07, 6.45) is 4.59. The van der Waals surface area contributed by atoms with Gasteiger partial charge in [-0.2, -0.15) is 0 Å². The zero-order valence-corrected chi connectivity index (χ0v) is 18.2. The van der Waals surface area contributed by atoms with Gasteiger partial charge in [-0.05, 0) is 35.4 Å². The van der Waals surface area contributed by atoms with Gasteiger partial charge in [0.15, 0.2) is 5.71 Å². The lowest BCUT2D eigenvalue weighted by Crippen LogP contribution is -2.29. The van der Waals surface area contributed by atoms with Crippen molar-refractivity contribution in [2.24, 2.45) is 5.16 Å². The maximum absolute atomic E-state index is 12.9. The highest BCUT2D eigenvalue weighted by molar-refractivity contribution is 6.54. The molecule has 11 heteroatoms. The summed E-state index contributed by atoms with van der Waals surface area (Å²) in [4.78, 5) is 30.3. The van der Waals surface area contributed by atoms with Crippen LogP contribution in [0.1, 0.15) is 22.4 Å². The van der Waals surface area contributed by atoms with Crippen LogP contribution in [0.5, 0.6) is 0 Å². The van der Waals surface area contributed by atoms with E-state index < -0.39 is 5.91 Å². The molecule has 0 fully saturated rings. The third-order valence-electron chi connectivity index (χ3n) is 4.90. The summed E-state index contributed by atoms with van der Waals surface area (Å²) in [5.74, 6) is -0.903. The molecule has 168 valence electrons. The van der Waals surface area contributed by atoms with Crippen molar-refractivity contribution in [3.05, 3.63) is 82.1 Å². The molecule has 1 aliphatic heterocycles. The lowest BCUT2D eigenvalue weighted by atomic mass is 10.1. The number of oxime groups is 1. The molecule has 0 bridgehead atoms. The Labute approximate surface area is 193 Å². The molecule has 10 nitrogen and oxygen atoms in total. The number of hydrogen-bond acceptors (Lipinski definition) is 7. The Bertz CT molecular complexity index is 1250. The molecule has 33 heavy (non-hydrogen) atoms. The first-order valence-corrected chi connectivity index (χ1v) is 10.2. The van der Waals surface area contributed by atoms with E-state index in [0.29, 0.717) is 28.5 Å². The molecule has 2 amide bonds. The number of nitrogens with one attached hydrogen (secondary N) is 1. The standard InChI is InChI=1S/C22H19ClN6O4/c1-33-26-21-18-10-16(23)7-8-19(18)29(22(21)31)13-17-12-28(27-24-17)11-15-4-2-14(3-5-15)6-9-20(30)25-32/h2-10,12,32H,11,13H2,1H3,(H,25,30)/b9-6+,26-21?. The summed E-state index contributed by atoms with van der Waals surface area (Å²) in [5.41, 5.74) is 5.40. The summed E-state index contributed by atoms with van der Waals surface area (Å²) in [7, 11) is 1.38. The average Bonchev–Trinajstić information content (AvgIpc) is 3.36. The maximum Gasteiger partial charge on any atom is 0.281 e. The second-order valence-corrected chi connectivity index (χ2v) is 7.57. The van der Waals surface area contributed by atoms with Crippen LogP contribution >= 0.6 is 11.6 Å². The van der Waals surface area contributed by atoms with E-state index in [2.05, 4.69) is 15.5 Å². The normalized spacial score (nSPS) is 14.2. The first-order chi connectivity index (χ1) is 16.0. The SMILES string of the molecule is CON=C1C(=O)N(Cc2cn(Cc3ccc(/C=C/C(=O)NO)cc3)nn2)c2ccc(Cl)cc21. The minimum absolute atomic E-state index is 0.188. The van der Waals surface area contributed by atoms with Gasteiger partial charge < -0.3 is 9.74 Å². The van der Waals surface area contributed by atoms with E-state index in [4.69, 9.17) is 21.6 Å². The first kappa shape index (κ1) is 22.2. The topological polar surface area (TPSA) is 122 Å². The minimum atomic E-state index is -0.600. The third kappa shape index (κ3) is 4.92. The van der Waals surface area contributed by atoms with Crippen LogP contribution < -0.4 is 10.4 Å². The van der Waals surface area contributed by atoms with Gasteiger partial charge >= 0.3 is 0 Å². The van der Waals surface area contributed by atoms with Crippen LogP contribution in [0, 0.1) is 0 Å². The Morgan fingerprint density at radius 3 is 2.76 bits per heavy atom. The fourth-order valence-corrected chi connectivity index (χ4v) is 3.57. The number of aromatic nitrogens is 3. The second-order valence-electron chi connectivity index (χ2n) is 7.13. The van der Waals surface area contributed by atoms with Gasteiger partial charge in [0.1, 0.15) is 12.8 Å². The van der Waals surface area contributed by atoms with Gasteiger partial charge in [0.2, 0.25) is 0 Å². The molecule has 0 atom stereocenters. The second kappa shape index (κ2) is 9.63. The Hall–Kier alpha value is -4.02. The number of benzene rings is 2. The van der Waals surface area contributed by atoms with Gasteiger partial charge in [-0.25, -0.2) is 10.2 Å². The Morgan fingerprint density at radius 1 is 1.24 bits per heavy atom. The van der Waals surface area contributed by atoms with E-state index in [1.165, 1.54) is 18.7 Å². The van der Waals surface area contributed by atoms with E-state index in [9.17, 15) is 9.59 Å². The van der Waals surface area contributed by atoms with E-state index in [0.717, 1.165) is 11.1 Å². The Kier molecular flexibility index (Phi) is 6.48. The molecule has 4 rings (SSSR count). The fraction of sp³-hybridized carbons (Fsp3) is 0.136. The summed E-state index contributed by atoms with van der Waals surface area (Å²) in [6, 6.07) is 12.6. The van der Waals surface area contributed by atoms with Gasteiger partial charge in [0.05, 0.1) is 25.0 Å². The van der Waals surface area contributed by atoms with E-state index in [-0.39, 0.29) is 18.2 Å². The molecule has 1 aromatic heterocycles. The molecule has 0 unspecified atom stereocenters. The molecule has 2 heterocycles. The summed E-state index contributed by atoms with van der Waals surface area (Å²) >= 11 is 6.09. The van der Waals surface area contributed by atoms with Crippen LogP contribution in [-0.2, 0) is 27.5 Å². The molecule has 2 N–H and O–H groups in total. The predicted molar refractivity (Wildman–Crippen MR) is 121 cm³/mol. The molecule has 1 aliphatic rings. The van der Waals surface area contributed by atoms with Gasteiger partial charge in [0.25, 0.3) is 11.8 Å². The Balaban J connectivity index is 1.46. The number of rotatable bonds is 7. The van der Waals surface area contributed by atoms with E-state index in [1.54, 1.807) is 40.1 Å². The zero-order valence-electron chi connectivity index (χ0n) is 17.5. The van der Waals surface area contributed by atoms with Crippen molar-refractivity contribution in [2.75, 3.05) is 12.0 Å². The molecule has 0 saturated heterocycles. The molecule has 0 radical (unpaired) electrons. The number of nitrogens with zero attached hydrogens (tertiary/aromatic N) is 5. The van der Waals surface area contributed by atoms with Crippen LogP contribution in [0.2, 0.25) is 5.02 Å². The number of amides is 2. The summed E-state index contributed by atoms with van der Waals surface area (Å²) in [6.45, 7) is 0.692. The maximum atomic E-state index is 12.9. The predicted octanol–water partition coefficient (Wildman–Crippen LogP) is 2.40. The summed E-state index contributed by atoms with van der Waals surface area (Å²) in [5, 5.41) is 21.2. The quantitative estimate of drug-likeness (QED) is 0.313. The molecule has 2 aromatic carbocycles. The smallest absolute Gasteiger partial charge is 0.281 e. The van der Waals surface area contributed by atoms with Crippen molar-refractivity contribution >= 4 is 40.9 Å². The highest BCUT2D eigenvalue weighted by atomic mass is 35.5. The highest BCUT2D eigenvalue weighted by Gasteiger charge is 2.35. The van der Waals surface area contributed by atoms with Crippen molar-refractivity contribution in [3.63, 3.8) is 0 Å². The van der Waals surface area contributed by atoms with Crippen LogP contribution in [0.4, 0.5) is 5.69 Å². The van der Waals surface area contributed by atoms with E-state index in [1.807, 2.05) is 24.3 Å². The summed E-state index contributed by atoms with van der Waals surface area (Å²) < 4.78 is 1.67. The van der Waals surface area contributed by atoms with Crippen LogP contribution in [0.15, 0.2) is 59.9 Å². The van der Waals surface area contributed by atoms with Crippen LogP contribution in [0.3, 0.4) is 0 Å². The number of anilines is 1. The molecule has 3 aromatic rings. The number of hydrogen-bond donors (Lipinski definition) is 2. The number of hydroxylamine groups is 1. The molecular weight excluding hydrogens is 448 g/mol. The van der Waals surface area contributed by atoms with Crippen molar-refractivity contribution in [3.8, 4) is 0 Å². The van der Waals surface area contributed by atoms with Crippen molar-refractivity contribution < 1.29 is 19.6 Å². The van der Waals surface area contributed by atoms with Crippen LogP contribution in [0.25, 0.3) is 6.08 Å². The Morgan fingerprint density at radius 2 is 2.03 bits per heavy atom. The third-order valence-corrected chi connectivity index (χ3v) is 5.14. The first-order valence-electron chi connectivity index (χ1n) is 9.81. The molecule has 0 saturated carbocycles. The highest BCUT2D eigenvalue weighted by Crippen LogP contribution is 2.32. The fourth-order valence-electron chi connectivity index (χ4n) is 3.40. The van der Waals surface area contributed by atoms with Crippen LogP contribution in [-0.4, -0.2) is 44.8 Å². The van der Waals surface area contributed by atoms with Crippen molar-refractivity contribution in [1.82, 2.24) is 20.5 Å². The zero-order chi connectivity index (χ0) is 23.4.